The predicted molar refractivity (Wildman–Crippen MR) is 117 cm³/mol. The van der Waals surface area contributed by atoms with E-state index in [-0.39, 0.29) is 21.4 Å². The van der Waals surface area contributed by atoms with Crippen molar-refractivity contribution in [2.45, 2.75) is 25.6 Å². The van der Waals surface area contributed by atoms with Crippen molar-refractivity contribution in [2.75, 3.05) is 5.32 Å². The molecule has 1 unspecified atom stereocenters. The van der Waals surface area contributed by atoms with Crippen molar-refractivity contribution in [1.82, 2.24) is 15.1 Å². The molecule has 2 aromatic rings. The highest BCUT2D eigenvalue weighted by Gasteiger charge is 2.39. The predicted octanol–water partition coefficient (Wildman–Crippen LogP) is 6.01. The van der Waals surface area contributed by atoms with E-state index in [1.54, 1.807) is 25.1 Å². The van der Waals surface area contributed by atoms with Gasteiger partial charge >= 0.3 is 6.18 Å². The van der Waals surface area contributed by atoms with Gasteiger partial charge in [0.05, 0.1) is 15.6 Å². The number of hydrogen-bond donors (Lipinski definition) is 2. The van der Waals surface area contributed by atoms with Crippen LogP contribution in [0.25, 0.3) is 0 Å². The lowest BCUT2D eigenvalue weighted by Crippen LogP contribution is -2.34. The number of alkyl halides is 3. The van der Waals surface area contributed by atoms with Gasteiger partial charge in [0.25, 0.3) is 5.91 Å². The summed E-state index contributed by atoms with van der Waals surface area (Å²) in [7, 11) is 0. The molecule has 1 aromatic carbocycles. The van der Waals surface area contributed by atoms with Crippen molar-refractivity contribution in [2.24, 2.45) is 0 Å². The number of nitrogens with one attached hydrogen (secondary N) is 2. The van der Waals surface area contributed by atoms with E-state index in [4.69, 9.17) is 23.2 Å². The summed E-state index contributed by atoms with van der Waals surface area (Å²) in [6.45, 7) is 1.63. The van der Waals surface area contributed by atoms with Crippen molar-refractivity contribution < 1.29 is 18.0 Å². The molecule has 1 atom stereocenters. The van der Waals surface area contributed by atoms with Crippen LogP contribution in [0.2, 0.25) is 10.0 Å². The Balaban J connectivity index is 1.81. The average molecular weight is 481 g/mol. The number of allylic oxidation sites excluding steroid dienone is 6. The van der Waals surface area contributed by atoms with E-state index in [0.29, 0.717) is 23.4 Å². The van der Waals surface area contributed by atoms with Gasteiger partial charge in [0.1, 0.15) is 11.9 Å². The number of rotatable bonds is 3. The van der Waals surface area contributed by atoms with Crippen molar-refractivity contribution in [3.63, 3.8) is 0 Å². The molecule has 4 rings (SSSR count). The number of amides is 1. The van der Waals surface area contributed by atoms with Crippen molar-refractivity contribution in [3.8, 4) is 0 Å². The molecule has 10 heteroatoms. The van der Waals surface area contributed by atoms with Crippen molar-refractivity contribution >= 4 is 34.9 Å². The van der Waals surface area contributed by atoms with Crippen LogP contribution in [0.1, 0.15) is 30.6 Å². The first-order valence-electron chi connectivity index (χ1n) is 9.58. The van der Waals surface area contributed by atoms with Crippen LogP contribution >= 0.6 is 23.2 Å². The molecule has 32 heavy (non-hydrogen) atoms. The van der Waals surface area contributed by atoms with Crippen LogP contribution in [0.15, 0.2) is 71.6 Å². The number of carbonyl (C=O) groups excluding carboxylic acids is 1. The maximum absolute atomic E-state index is 13.4. The van der Waals surface area contributed by atoms with Crippen molar-refractivity contribution in [3.05, 3.63) is 92.9 Å². The summed E-state index contributed by atoms with van der Waals surface area (Å²) in [5.41, 5.74) is 0.667. The zero-order chi connectivity index (χ0) is 23.0. The van der Waals surface area contributed by atoms with Crippen LogP contribution in [-0.2, 0) is 11.0 Å². The minimum absolute atomic E-state index is 0.113. The molecule has 0 saturated carbocycles. The standard InChI is InChI=1S/C22H17Cl2F3N4O/c1-12-19(21(32)29-14-6-4-2-3-5-7-14)20(13-8-9-15(23)16(24)10-13)31-18(28-12)11-17(30-31)22(25,26)27/h2-6,8-11,20,28H,7H2,1H3,(H,29,32). The normalized spacial score (nSPS) is 18.1. The fourth-order valence-electron chi connectivity index (χ4n) is 3.58. The van der Waals surface area contributed by atoms with E-state index >= 15 is 0 Å². The molecule has 1 amide bonds. The molecule has 1 aromatic heterocycles. The summed E-state index contributed by atoms with van der Waals surface area (Å²) in [5.74, 6) is -0.349. The van der Waals surface area contributed by atoms with Gasteiger partial charge < -0.3 is 10.6 Å². The fraction of sp³-hybridized carbons (Fsp3) is 0.182. The van der Waals surface area contributed by atoms with Gasteiger partial charge in [-0.15, -0.1) is 0 Å². The van der Waals surface area contributed by atoms with Gasteiger partial charge in [0.2, 0.25) is 0 Å². The Hall–Kier alpha value is -2.97. The minimum atomic E-state index is -4.64. The van der Waals surface area contributed by atoms with Gasteiger partial charge in [0, 0.05) is 23.9 Å². The summed E-state index contributed by atoms with van der Waals surface area (Å²) in [5, 5.41) is 9.99. The van der Waals surface area contributed by atoms with Gasteiger partial charge in [-0.25, -0.2) is 4.68 Å². The maximum Gasteiger partial charge on any atom is 0.435 e. The Kier molecular flexibility index (Phi) is 5.92. The van der Waals surface area contributed by atoms with Crippen LogP contribution in [-0.4, -0.2) is 15.7 Å². The first kappa shape index (κ1) is 22.2. The smallest absolute Gasteiger partial charge is 0.344 e. The number of carbonyl (C=O) groups is 1. The minimum Gasteiger partial charge on any atom is -0.344 e. The second kappa shape index (κ2) is 8.52. The molecule has 166 valence electrons. The van der Waals surface area contributed by atoms with Crippen molar-refractivity contribution in [1.29, 1.82) is 0 Å². The van der Waals surface area contributed by atoms with Gasteiger partial charge in [-0.05, 0) is 30.7 Å². The number of aromatic nitrogens is 2. The number of nitrogens with zero attached hydrogens (tertiary/aromatic N) is 2. The summed E-state index contributed by atoms with van der Waals surface area (Å²) < 4.78 is 41.2. The lowest BCUT2D eigenvalue weighted by atomic mass is 9.94. The second-order valence-electron chi connectivity index (χ2n) is 7.26. The van der Waals surface area contributed by atoms with E-state index in [1.807, 2.05) is 18.2 Å². The number of halogens is 5. The molecule has 0 fully saturated rings. The summed E-state index contributed by atoms with van der Waals surface area (Å²) >= 11 is 12.2. The van der Waals surface area contributed by atoms with Gasteiger partial charge in [-0.2, -0.15) is 18.3 Å². The average Bonchev–Trinajstić information content (AvgIpc) is 2.99. The Morgan fingerprint density at radius 3 is 2.69 bits per heavy atom. The summed E-state index contributed by atoms with van der Waals surface area (Å²) in [6.07, 6.45) is 4.98. The summed E-state index contributed by atoms with van der Waals surface area (Å²) in [4.78, 5) is 13.3. The maximum atomic E-state index is 13.4. The van der Waals surface area contributed by atoms with Crippen LogP contribution in [0.4, 0.5) is 19.0 Å². The Labute approximate surface area is 191 Å². The highest BCUT2D eigenvalue weighted by molar-refractivity contribution is 6.42. The molecular formula is C22H17Cl2F3N4O. The monoisotopic (exact) mass is 480 g/mol. The first-order valence-corrected chi connectivity index (χ1v) is 10.3. The highest BCUT2D eigenvalue weighted by Crippen LogP contribution is 2.40. The van der Waals surface area contributed by atoms with E-state index in [2.05, 4.69) is 15.7 Å². The topological polar surface area (TPSA) is 59.0 Å². The molecule has 2 aliphatic rings. The lowest BCUT2D eigenvalue weighted by molar-refractivity contribution is -0.141. The van der Waals surface area contributed by atoms with Gasteiger partial charge in [-0.3, -0.25) is 4.79 Å². The zero-order valence-electron chi connectivity index (χ0n) is 16.7. The Bertz CT molecular complexity index is 1210. The van der Waals surface area contributed by atoms with E-state index in [1.165, 1.54) is 12.1 Å². The van der Waals surface area contributed by atoms with Gasteiger partial charge in [-0.1, -0.05) is 53.6 Å². The summed E-state index contributed by atoms with van der Waals surface area (Å²) in [6, 6.07) is 4.62. The van der Waals surface area contributed by atoms with Crippen LogP contribution in [0.3, 0.4) is 0 Å². The zero-order valence-corrected chi connectivity index (χ0v) is 18.2. The number of hydrogen-bond acceptors (Lipinski definition) is 3. The lowest BCUT2D eigenvalue weighted by Gasteiger charge is -2.30. The second-order valence-corrected chi connectivity index (χ2v) is 8.07. The SMILES string of the molecule is CC1=C(C(=O)NC2=CC=CC=CC2)C(c2ccc(Cl)c(Cl)c2)n2nc(C(F)(F)F)cc2N1. The van der Waals surface area contributed by atoms with Gasteiger partial charge in [0.15, 0.2) is 5.69 Å². The third-order valence-corrected chi connectivity index (χ3v) is 5.77. The molecule has 0 saturated heterocycles. The molecule has 0 bridgehead atoms. The molecular weight excluding hydrogens is 464 g/mol. The Morgan fingerprint density at radius 1 is 1.19 bits per heavy atom. The molecule has 2 heterocycles. The van der Waals surface area contributed by atoms with Crippen LogP contribution in [0.5, 0.6) is 0 Å². The molecule has 0 spiro atoms. The molecule has 1 aliphatic heterocycles. The van der Waals surface area contributed by atoms with Crippen LogP contribution < -0.4 is 10.6 Å². The highest BCUT2D eigenvalue weighted by atomic mass is 35.5. The third-order valence-electron chi connectivity index (χ3n) is 5.04. The third kappa shape index (κ3) is 4.33. The van der Waals surface area contributed by atoms with E-state index < -0.39 is 23.8 Å². The largest absolute Gasteiger partial charge is 0.435 e. The fourth-order valence-corrected chi connectivity index (χ4v) is 3.88. The Morgan fingerprint density at radius 2 is 1.97 bits per heavy atom. The number of anilines is 1. The van der Waals surface area contributed by atoms with E-state index in [9.17, 15) is 18.0 Å². The number of benzene rings is 1. The first-order chi connectivity index (χ1) is 15.1. The molecule has 5 nitrogen and oxygen atoms in total. The molecule has 2 N–H and O–H groups in total. The van der Waals surface area contributed by atoms with E-state index in [0.717, 1.165) is 10.7 Å². The molecule has 1 aliphatic carbocycles. The number of fused-ring (bicyclic) bond motifs is 1. The van der Waals surface area contributed by atoms with Crippen LogP contribution in [0, 0.1) is 0 Å². The quantitative estimate of drug-likeness (QED) is 0.565. The molecule has 0 radical (unpaired) electrons.